The number of anilines is 1. The highest BCUT2D eigenvalue weighted by atomic mass is 16.5. The quantitative estimate of drug-likeness (QED) is 0.628. The molecule has 4 rings (SSSR count). The van der Waals surface area contributed by atoms with E-state index < -0.39 is 0 Å². The van der Waals surface area contributed by atoms with Crippen LogP contribution < -0.4 is 10.1 Å². The SMILES string of the molecule is Cc1cnn(C(C)C2CC2)c1NCc1ccccc1OCc1cccnc1. The van der Waals surface area contributed by atoms with Crippen LogP contribution in [0.2, 0.25) is 0 Å². The van der Waals surface area contributed by atoms with Crippen LogP contribution in [0.25, 0.3) is 0 Å². The van der Waals surface area contributed by atoms with Gasteiger partial charge in [-0.05, 0) is 44.7 Å². The molecule has 140 valence electrons. The van der Waals surface area contributed by atoms with Gasteiger partial charge >= 0.3 is 0 Å². The first kappa shape index (κ1) is 17.6. The molecular weight excluding hydrogens is 336 g/mol. The number of para-hydroxylation sites is 1. The van der Waals surface area contributed by atoms with Crippen molar-refractivity contribution < 1.29 is 4.74 Å². The van der Waals surface area contributed by atoms with E-state index in [4.69, 9.17) is 4.74 Å². The monoisotopic (exact) mass is 362 g/mol. The molecule has 0 aliphatic heterocycles. The Labute approximate surface area is 160 Å². The van der Waals surface area contributed by atoms with Crippen molar-refractivity contribution >= 4 is 5.82 Å². The highest BCUT2D eigenvalue weighted by Crippen LogP contribution is 2.40. The van der Waals surface area contributed by atoms with Crippen molar-refractivity contribution in [1.29, 1.82) is 0 Å². The van der Waals surface area contributed by atoms with Crippen molar-refractivity contribution in [3.05, 3.63) is 71.7 Å². The summed E-state index contributed by atoms with van der Waals surface area (Å²) in [6.07, 6.45) is 8.18. The molecule has 1 aliphatic rings. The number of nitrogens with zero attached hydrogens (tertiary/aromatic N) is 3. The van der Waals surface area contributed by atoms with Crippen LogP contribution in [0.5, 0.6) is 5.75 Å². The number of benzene rings is 1. The van der Waals surface area contributed by atoms with E-state index in [-0.39, 0.29) is 0 Å². The molecule has 2 heterocycles. The molecule has 0 saturated heterocycles. The maximum absolute atomic E-state index is 6.05. The molecule has 1 aromatic carbocycles. The van der Waals surface area contributed by atoms with Gasteiger partial charge in [0.25, 0.3) is 0 Å². The number of pyridine rings is 1. The summed E-state index contributed by atoms with van der Waals surface area (Å²) in [6.45, 7) is 5.59. The molecule has 0 spiro atoms. The summed E-state index contributed by atoms with van der Waals surface area (Å²) in [5.41, 5.74) is 3.37. The van der Waals surface area contributed by atoms with Crippen LogP contribution in [0.15, 0.2) is 55.0 Å². The van der Waals surface area contributed by atoms with Gasteiger partial charge in [-0.25, -0.2) is 4.68 Å². The average Bonchev–Trinajstić information content (AvgIpc) is 3.49. The normalized spacial score (nSPS) is 14.7. The fraction of sp³-hybridized carbons (Fsp3) is 0.364. The summed E-state index contributed by atoms with van der Waals surface area (Å²) >= 11 is 0. The van der Waals surface area contributed by atoms with Crippen LogP contribution in [-0.2, 0) is 13.2 Å². The second kappa shape index (κ2) is 7.82. The Morgan fingerprint density at radius 1 is 1.19 bits per heavy atom. The molecule has 5 heteroatoms. The lowest BCUT2D eigenvalue weighted by molar-refractivity contribution is 0.303. The third-order valence-electron chi connectivity index (χ3n) is 5.20. The van der Waals surface area contributed by atoms with Crippen LogP contribution in [0.3, 0.4) is 0 Å². The van der Waals surface area contributed by atoms with E-state index in [2.05, 4.69) is 40.0 Å². The lowest BCUT2D eigenvalue weighted by Crippen LogP contribution is -2.14. The van der Waals surface area contributed by atoms with Gasteiger partial charge < -0.3 is 10.1 Å². The zero-order valence-electron chi connectivity index (χ0n) is 15.9. The third kappa shape index (κ3) is 4.13. The molecule has 0 radical (unpaired) electrons. The predicted molar refractivity (Wildman–Crippen MR) is 107 cm³/mol. The number of hydrogen-bond acceptors (Lipinski definition) is 4. The minimum absolute atomic E-state index is 0.443. The van der Waals surface area contributed by atoms with Gasteiger partial charge in [-0.1, -0.05) is 24.3 Å². The second-order valence-corrected chi connectivity index (χ2v) is 7.31. The minimum atomic E-state index is 0.443. The predicted octanol–water partition coefficient (Wildman–Crippen LogP) is 4.75. The largest absolute Gasteiger partial charge is 0.488 e. The standard InChI is InChI=1S/C22H26N4O/c1-16-12-25-26(17(2)19-9-10-19)22(16)24-14-20-7-3-4-8-21(20)27-15-18-6-5-11-23-13-18/h3-8,11-13,17,19,24H,9-10,14-15H2,1-2H3. The van der Waals surface area contributed by atoms with E-state index >= 15 is 0 Å². The highest BCUT2D eigenvalue weighted by Gasteiger charge is 2.31. The van der Waals surface area contributed by atoms with Gasteiger partial charge in [-0.2, -0.15) is 5.10 Å². The number of nitrogens with one attached hydrogen (secondary N) is 1. The van der Waals surface area contributed by atoms with E-state index in [1.165, 1.54) is 18.4 Å². The number of hydrogen-bond donors (Lipinski definition) is 1. The van der Waals surface area contributed by atoms with Crippen molar-refractivity contribution in [1.82, 2.24) is 14.8 Å². The van der Waals surface area contributed by atoms with Gasteiger partial charge in [0.2, 0.25) is 0 Å². The molecule has 0 bridgehead atoms. The van der Waals surface area contributed by atoms with Crippen LogP contribution >= 0.6 is 0 Å². The Kier molecular flexibility index (Phi) is 5.10. The topological polar surface area (TPSA) is 52.0 Å². The van der Waals surface area contributed by atoms with E-state index in [1.54, 1.807) is 6.20 Å². The summed E-state index contributed by atoms with van der Waals surface area (Å²) in [5, 5.41) is 8.19. The molecule has 1 N–H and O–H groups in total. The summed E-state index contributed by atoms with van der Waals surface area (Å²) in [7, 11) is 0. The minimum Gasteiger partial charge on any atom is -0.488 e. The van der Waals surface area contributed by atoms with Crippen molar-refractivity contribution in [2.75, 3.05) is 5.32 Å². The molecule has 1 aliphatic carbocycles. The van der Waals surface area contributed by atoms with Crippen LogP contribution in [0.1, 0.15) is 42.5 Å². The maximum Gasteiger partial charge on any atom is 0.127 e. The fourth-order valence-electron chi connectivity index (χ4n) is 3.37. The molecule has 2 aromatic heterocycles. The molecule has 3 aromatic rings. The lowest BCUT2D eigenvalue weighted by Gasteiger charge is -2.18. The van der Waals surface area contributed by atoms with E-state index in [0.717, 1.165) is 28.6 Å². The molecule has 5 nitrogen and oxygen atoms in total. The zero-order chi connectivity index (χ0) is 18.6. The van der Waals surface area contributed by atoms with Gasteiger partial charge in [0.1, 0.15) is 18.2 Å². The zero-order valence-corrected chi connectivity index (χ0v) is 15.9. The molecule has 1 saturated carbocycles. The second-order valence-electron chi connectivity index (χ2n) is 7.31. The summed E-state index contributed by atoms with van der Waals surface area (Å²) in [6, 6.07) is 12.6. The fourth-order valence-corrected chi connectivity index (χ4v) is 3.37. The number of rotatable bonds is 8. The summed E-state index contributed by atoms with van der Waals surface area (Å²) < 4.78 is 8.19. The lowest BCUT2D eigenvalue weighted by atomic mass is 10.2. The number of aromatic nitrogens is 3. The van der Waals surface area contributed by atoms with Crippen molar-refractivity contribution in [3.63, 3.8) is 0 Å². The Morgan fingerprint density at radius 3 is 2.81 bits per heavy atom. The molecule has 27 heavy (non-hydrogen) atoms. The highest BCUT2D eigenvalue weighted by molar-refractivity contribution is 5.46. The van der Waals surface area contributed by atoms with Gasteiger partial charge in [0, 0.05) is 35.6 Å². The Balaban J connectivity index is 1.45. The molecule has 0 amide bonds. The first-order valence-corrected chi connectivity index (χ1v) is 9.60. The van der Waals surface area contributed by atoms with Crippen molar-refractivity contribution in [2.45, 2.75) is 45.9 Å². The Hall–Kier alpha value is -2.82. The number of aryl methyl sites for hydroxylation is 1. The van der Waals surface area contributed by atoms with Gasteiger partial charge in [-0.3, -0.25) is 4.98 Å². The first-order valence-electron chi connectivity index (χ1n) is 9.60. The third-order valence-corrected chi connectivity index (χ3v) is 5.20. The van der Waals surface area contributed by atoms with Gasteiger partial charge in [-0.15, -0.1) is 0 Å². The molecule has 1 fully saturated rings. The van der Waals surface area contributed by atoms with Crippen molar-refractivity contribution in [3.8, 4) is 5.75 Å². The number of ether oxygens (including phenoxy) is 1. The smallest absolute Gasteiger partial charge is 0.127 e. The molecule has 1 unspecified atom stereocenters. The van der Waals surface area contributed by atoms with Gasteiger partial charge in [0.15, 0.2) is 0 Å². The van der Waals surface area contributed by atoms with Crippen LogP contribution in [0, 0.1) is 12.8 Å². The Morgan fingerprint density at radius 2 is 2.04 bits per heavy atom. The maximum atomic E-state index is 6.05. The first-order chi connectivity index (χ1) is 13.2. The van der Waals surface area contributed by atoms with Crippen LogP contribution in [-0.4, -0.2) is 14.8 Å². The summed E-state index contributed by atoms with van der Waals surface area (Å²) in [4.78, 5) is 4.14. The molecule has 1 atom stereocenters. The van der Waals surface area contributed by atoms with E-state index in [0.29, 0.717) is 19.2 Å². The summed E-state index contributed by atoms with van der Waals surface area (Å²) in [5.74, 6) is 2.77. The van der Waals surface area contributed by atoms with Crippen molar-refractivity contribution in [2.24, 2.45) is 5.92 Å². The van der Waals surface area contributed by atoms with E-state index in [9.17, 15) is 0 Å². The Bertz CT molecular complexity index is 886. The van der Waals surface area contributed by atoms with E-state index in [1.807, 2.05) is 42.7 Å². The molecular formula is C22H26N4O. The average molecular weight is 362 g/mol. The van der Waals surface area contributed by atoms with Gasteiger partial charge in [0.05, 0.1) is 12.2 Å². The van der Waals surface area contributed by atoms with Crippen LogP contribution in [0.4, 0.5) is 5.82 Å².